The van der Waals surface area contributed by atoms with Crippen LogP contribution >= 0.6 is 0 Å². The zero-order chi connectivity index (χ0) is 16.4. The van der Waals surface area contributed by atoms with Gasteiger partial charge in [-0.3, -0.25) is 9.59 Å². The molecule has 1 amide bonds. The first kappa shape index (κ1) is 15.0. The molecule has 0 spiro atoms. The smallest absolute Gasteiger partial charge is 0.291 e. The van der Waals surface area contributed by atoms with Crippen LogP contribution in [0.4, 0.5) is 4.39 Å². The summed E-state index contributed by atoms with van der Waals surface area (Å²) >= 11 is 0. The fraction of sp³-hybridized carbons (Fsp3) is 0.188. The molecule has 2 heterocycles. The molecular formula is C16H15FN4O2. The maximum Gasteiger partial charge on any atom is 0.291 e. The summed E-state index contributed by atoms with van der Waals surface area (Å²) in [6.07, 6.45) is 3.19. The first-order valence-corrected chi connectivity index (χ1v) is 7.13. The monoisotopic (exact) mass is 314 g/mol. The molecule has 23 heavy (non-hydrogen) atoms. The van der Waals surface area contributed by atoms with Crippen molar-refractivity contribution in [3.8, 4) is 0 Å². The van der Waals surface area contributed by atoms with Crippen molar-refractivity contribution < 1.29 is 9.18 Å². The predicted octanol–water partition coefficient (Wildman–Crippen LogP) is 1.51. The Hall–Kier alpha value is -2.96. The van der Waals surface area contributed by atoms with Crippen LogP contribution in [0.3, 0.4) is 0 Å². The molecule has 0 radical (unpaired) electrons. The van der Waals surface area contributed by atoms with Gasteiger partial charge in [-0.2, -0.15) is 5.10 Å². The van der Waals surface area contributed by atoms with Crippen molar-refractivity contribution in [3.05, 3.63) is 70.7 Å². The van der Waals surface area contributed by atoms with E-state index in [1.807, 2.05) is 0 Å². The number of halogens is 1. The van der Waals surface area contributed by atoms with Gasteiger partial charge in [-0.25, -0.2) is 9.07 Å². The van der Waals surface area contributed by atoms with Gasteiger partial charge in [-0.05, 0) is 36.8 Å². The summed E-state index contributed by atoms with van der Waals surface area (Å²) in [7, 11) is 0. The van der Waals surface area contributed by atoms with E-state index in [9.17, 15) is 14.0 Å². The summed E-state index contributed by atoms with van der Waals surface area (Å²) in [5.41, 5.74) is 0.753. The fourth-order valence-corrected chi connectivity index (χ4v) is 2.33. The van der Waals surface area contributed by atoms with Crippen LogP contribution in [0.1, 0.15) is 18.5 Å². The largest absolute Gasteiger partial charge is 0.350 e. The van der Waals surface area contributed by atoms with E-state index >= 15 is 0 Å². The molecule has 0 aliphatic carbocycles. The first-order valence-electron chi connectivity index (χ1n) is 7.13. The van der Waals surface area contributed by atoms with Gasteiger partial charge in [-0.15, -0.1) is 0 Å². The van der Waals surface area contributed by atoms with E-state index < -0.39 is 6.04 Å². The Balaban J connectivity index is 1.76. The summed E-state index contributed by atoms with van der Waals surface area (Å²) in [5.74, 6) is -0.721. The van der Waals surface area contributed by atoms with Crippen molar-refractivity contribution in [1.82, 2.24) is 19.5 Å². The van der Waals surface area contributed by atoms with E-state index in [1.165, 1.54) is 18.5 Å². The van der Waals surface area contributed by atoms with E-state index in [0.29, 0.717) is 11.1 Å². The van der Waals surface area contributed by atoms with Crippen molar-refractivity contribution in [2.24, 2.45) is 0 Å². The van der Waals surface area contributed by atoms with Crippen LogP contribution in [0.2, 0.25) is 0 Å². The Morgan fingerprint density at radius 1 is 1.35 bits per heavy atom. The maximum atomic E-state index is 13.1. The molecule has 118 valence electrons. The number of aromatic nitrogens is 3. The van der Waals surface area contributed by atoms with Gasteiger partial charge in [0.2, 0.25) is 5.91 Å². The Bertz CT molecular complexity index is 916. The first-order chi connectivity index (χ1) is 11.1. The number of rotatable bonds is 4. The molecule has 0 bridgehead atoms. The number of carbonyl (C=O) groups is 1. The highest BCUT2D eigenvalue weighted by molar-refractivity contribution is 5.79. The maximum absolute atomic E-state index is 13.1. The second-order valence-electron chi connectivity index (χ2n) is 5.21. The minimum atomic E-state index is -0.768. The number of amides is 1. The number of fused-ring (bicyclic) bond motifs is 1. The summed E-state index contributed by atoms with van der Waals surface area (Å²) in [4.78, 5) is 24.5. The SMILES string of the molecule is C[C@@H](C(=O)NCc1cccc(F)c1)n1ncn2cccc2c1=O. The Labute approximate surface area is 131 Å². The highest BCUT2D eigenvalue weighted by Crippen LogP contribution is 2.06. The molecule has 7 heteroatoms. The van der Waals surface area contributed by atoms with Gasteiger partial charge < -0.3 is 9.72 Å². The number of benzene rings is 1. The van der Waals surface area contributed by atoms with Gasteiger partial charge in [0.15, 0.2) is 0 Å². The average molecular weight is 314 g/mol. The quantitative estimate of drug-likeness (QED) is 0.794. The zero-order valence-electron chi connectivity index (χ0n) is 12.4. The molecule has 1 N–H and O–H groups in total. The van der Waals surface area contributed by atoms with Gasteiger partial charge in [0.05, 0.1) is 0 Å². The van der Waals surface area contributed by atoms with Gasteiger partial charge in [0.1, 0.15) is 23.7 Å². The topological polar surface area (TPSA) is 68.4 Å². The number of carbonyl (C=O) groups excluding carboxylic acids is 1. The number of nitrogens with zero attached hydrogens (tertiary/aromatic N) is 3. The van der Waals surface area contributed by atoms with Crippen LogP contribution < -0.4 is 10.9 Å². The highest BCUT2D eigenvalue weighted by atomic mass is 19.1. The molecule has 6 nitrogen and oxygen atoms in total. The second kappa shape index (κ2) is 6.04. The third-order valence-electron chi connectivity index (χ3n) is 3.61. The predicted molar refractivity (Wildman–Crippen MR) is 82.4 cm³/mol. The van der Waals surface area contributed by atoms with Gasteiger partial charge >= 0.3 is 0 Å². The van der Waals surface area contributed by atoms with Gasteiger partial charge in [0, 0.05) is 12.7 Å². The van der Waals surface area contributed by atoms with Crippen LogP contribution in [-0.2, 0) is 11.3 Å². The third-order valence-corrected chi connectivity index (χ3v) is 3.61. The van der Waals surface area contributed by atoms with Crippen molar-refractivity contribution in [2.45, 2.75) is 19.5 Å². The molecule has 2 aromatic heterocycles. The minimum absolute atomic E-state index is 0.184. The Morgan fingerprint density at radius 2 is 2.17 bits per heavy atom. The fourth-order valence-electron chi connectivity index (χ4n) is 2.33. The standard InChI is InChI=1S/C16H15FN4O2/c1-11(15(22)18-9-12-4-2-5-13(17)8-12)21-16(23)14-6-3-7-20(14)10-19-21/h2-8,10-11H,9H2,1H3,(H,18,22)/t11-/m0/s1. The van der Waals surface area contributed by atoms with E-state index in [0.717, 1.165) is 4.68 Å². The molecule has 1 atom stereocenters. The van der Waals surface area contributed by atoms with Gasteiger partial charge in [0.25, 0.3) is 5.56 Å². The lowest BCUT2D eigenvalue weighted by Gasteiger charge is -2.14. The van der Waals surface area contributed by atoms with Crippen molar-refractivity contribution in [1.29, 1.82) is 0 Å². The normalized spacial score (nSPS) is 12.3. The van der Waals surface area contributed by atoms with Crippen LogP contribution in [0, 0.1) is 5.82 Å². The van der Waals surface area contributed by atoms with E-state index in [4.69, 9.17) is 0 Å². The molecule has 0 fully saturated rings. The summed E-state index contributed by atoms with van der Waals surface area (Å²) in [6.45, 7) is 1.78. The lowest BCUT2D eigenvalue weighted by atomic mass is 10.2. The lowest BCUT2D eigenvalue weighted by Crippen LogP contribution is -2.37. The lowest BCUT2D eigenvalue weighted by molar-refractivity contribution is -0.124. The van der Waals surface area contributed by atoms with E-state index in [1.54, 1.807) is 41.8 Å². The highest BCUT2D eigenvalue weighted by Gasteiger charge is 2.18. The summed E-state index contributed by atoms with van der Waals surface area (Å²) in [6, 6.07) is 8.61. The minimum Gasteiger partial charge on any atom is -0.350 e. The van der Waals surface area contributed by atoms with Crippen molar-refractivity contribution in [2.75, 3.05) is 0 Å². The Morgan fingerprint density at radius 3 is 2.96 bits per heavy atom. The zero-order valence-corrected chi connectivity index (χ0v) is 12.4. The third kappa shape index (κ3) is 2.98. The molecule has 3 rings (SSSR count). The average Bonchev–Trinajstić information content (AvgIpc) is 3.02. The number of nitrogens with one attached hydrogen (secondary N) is 1. The van der Waals surface area contributed by atoms with Gasteiger partial charge in [-0.1, -0.05) is 12.1 Å². The molecule has 3 aromatic rings. The Kier molecular flexibility index (Phi) is 3.92. The molecule has 0 aliphatic rings. The second-order valence-corrected chi connectivity index (χ2v) is 5.21. The van der Waals surface area contributed by atoms with Crippen molar-refractivity contribution in [3.63, 3.8) is 0 Å². The molecule has 0 unspecified atom stereocenters. The van der Waals surface area contributed by atoms with E-state index in [2.05, 4.69) is 10.4 Å². The molecule has 0 saturated carbocycles. The number of hydrogen-bond donors (Lipinski definition) is 1. The summed E-state index contributed by atoms with van der Waals surface area (Å²) in [5, 5.41) is 6.70. The van der Waals surface area contributed by atoms with E-state index in [-0.39, 0.29) is 23.8 Å². The molecule has 0 saturated heterocycles. The van der Waals surface area contributed by atoms with Crippen LogP contribution in [0.5, 0.6) is 0 Å². The van der Waals surface area contributed by atoms with Crippen molar-refractivity contribution >= 4 is 11.4 Å². The molecular weight excluding hydrogens is 299 g/mol. The molecule has 1 aromatic carbocycles. The molecule has 0 aliphatic heterocycles. The van der Waals surface area contributed by atoms with Crippen LogP contribution in [0.15, 0.2) is 53.7 Å². The van der Waals surface area contributed by atoms with Crippen LogP contribution in [-0.4, -0.2) is 20.1 Å². The number of hydrogen-bond acceptors (Lipinski definition) is 3. The summed E-state index contributed by atoms with van der Waals surface area (Å²) < 4.78 is 15.8. The van der Waals surface area contributed by atoms with Crippen LogP contribution in [0.25, 0.3) is 5.52 Å².